The molecule has 1 unspecified atom stereocenters. The van der Waals surface area contributed by atoms with E-state index in [4.69, 9.17) is 5.11 Å². The Morgan fingerprint density at radius 3 is 2.77 bits per heavy atom. The first-order valence-corrected chi connectivity index (χ1v) is 7.00. The first kappa shape index (κ1) is 15.8. The highest BCUT2D eigenvalue weighted by molar-refractivity contribution is 5.94. The summed E-state index contributed by atoms with van der Waals surface area (Å²) in [5.74, 6) is 0.735. The summed E-state index contributed by atoms with van der Waals surface area (Å²) in [6, 6.07) is 5.55. The number of carbonyl (C=O) groups is 2. The first-order valence-electron chi connectivity index (χ1n) is 7.00. The number of aldehydes is 1. The summed E-state index contributed by atoms with van der Waals surface area (Å²) in [7, 11) is 0. The van der Waals surface area contributed by atoms with Gasteiger partial charge in [-0.25, -0.2) is 9.79 Å². The molecule has 0 aliphatic carbocycles. The second kappa shape index (κ2) is 6.43. The fraction of sp³-hybridized carbons (Fsp3) is 0.312. The van der Waals surface area contributed by atoms with Gasteiger partial charge in [0.1, 0.15) is 12.1 Å². The van der Waals surface area contributed by atoms with E-state index in [0.29, 0.717) is 11.4 Å². The van der Waals surface area contributed by atoms with Crippen LogP contribution in [0.3, 0.4) is 0 Å². The Kier molecular flexibility index (Phi) is 4.60. The van der Waals surface area contributed by atoms with Crippen molar-refractivity contribution in [1.82, 2.24) is 4.90 Å². The third kappa shape index (κ3) is 3.33. The van der Waals surface area contributed by atoms with Crippen LogP contribution in [0.1, 0.15) is 25.0 Å². The van der Waals surface area contributed by atoms with Gasteiger partial charge in [0.15, 0.2) is 0 Å². The monoisotopic (exact) mass is 301 g/mol. The van der Waals surface area contributed by atoms with Crippen LogP contribution in [0.5, 0.6) is 0 Å². The summed E-state index contributed by atoms with van der Waals surface area (Å²) in [5.41, 5.74) is 2.90. The zero-order valence-corrected chi connectivity index (χ0v) is 12.8. The van der Waals surface area contributed by atoms with Crippen LogP contribution >= 0.6 is 0 Å². The van der Waals surface area contributed by atoms with Crippen molar-refractivity contribution in [2.45, 2.75) is 26.8 Å². The van der Waals surface area contributed by atoms with Crippen molar-refractivity contribution in [3.63, 3.8) is 0 Å². The molecule has 0 spiro atoms. The lowest BCUT2D eigenvalue weighted by atomic mass is 10.0. The normalized spacial score (nSPS) is 17.6. The summed E-state index contributed by atoms with van der Waals surface area (Å²) < 4.78 is 0. The Bertz CT molecular complexity index is 665. The van der Waals surface area contributed by atoms with Gasteiger partial charge in [-0.2, -0.15) is 0 Å². The lowest BCUT2D eigenvalue weighted by Gasteiger charge is -2.31. The lowest BCUT2D eigenvalue weighted by Crippen LogP contribution is -2.39. The van der Waals surface area contributed by atoms with Crippen molar-refractivity contribution < 1.29 is 14.7 Å². The number of carbonyl (C=O) groups excluding carboxylic acids is 1. The summed E-state index contributed by atoms with van der Waals surface area (Å²) in [6.45, 7) is 6.00. The van der Waals surface area contributed by atoms with Crippen LogP contribution in [0, 0.1) is 6.92 Å². The van der Waals surface area contributed by atoms with Crippen molar-refractivity contribution >= 4 is 29.6 Å². The zero-order valence-electron chi connectivity index (χ0n) is 12.8. The van der Waals surface area contributed by atoms with Gasteiger partial charge < -0.3 is 14.8 Å². The Labute approximate surface area is 129 Å². The lowest BCUT2D eigenvalue weighted by molar-refractivity contribution is -0.108. The van der Waals surface area contributed by atoms with E-state index >= 15 is 0 Å². The number of hydrogen-bond acceptors (Lipinski definition) is 4. The first-order chi connectivity index (χ1) is 10.4. The van der Waals surface area contributed by atoms with E-state index in [2.05, 4.69) is 10.3 Å². The number of amidine groups is 1. The zero-order chi connectivity index (χ0) is 16.3. The van der Waals surface area contributed by atoms with Crippen LogP contribution in [0.4, 0.5) is 10.5 Å². The number of anilines is 1. The van der Waals surface area contributed by atoms with Crippen LogP contribution in [-0.4, -0.2) is 40.8 Å². The van der Waals surface area contributed by atoms with Crippen molar-refractivity contribution in [2.75, 3.05) is 11.9 Å². The summed E-state index contributed by atoms with van der Waals surface area (Å²) in [4.78, 5) is 28.1. The summed E-state index contributed by atoms with van der Waals surface area (Å²) in [5, 5.41) is 11.4. The van der Waals surface area contributed by atoms with Crippen LogP contribution in [0.15, 0.2) is 29.3 Å². The molecule has 22 heavy (non-hydrogen) atoms. The van der Waals surface area contributed by atoms with Gasteiger partial charge in [0.05, 0.1) is 17.9 Å². The molecule has 116 valence electrons. The van der Waals surface area contributed by atoms with E-state index in [0.717, 1.165) is 23.2 Å². The second-order valence-electron chi connectivity index (χ2n) is 5.25. The number of hydrogen-bond donors (Lipinski definition) is 2. The molecule has 1 aromatic rings. The fourth-order valence-corrected chi connectivity index (χ4v) is 2.52. The number of aryl methyl sites for hydroxylation is 1. The minimum Gasteiger partial charge on any atom is -0.465 e. The Balaban J connectivity index is 2.42. The van der Waals surface area contributed by atoms with E-state index < -0.39 is 6.09 Å². The molecule has 1 heterocycles. The van der Waals surface area contributed by atoms with Gasteiger partial charge in [-0.3, -0.25) is 5.32 Å². The summed E-state index contributed by atoms with van der Waals surface area (Å²) in [6.07, 6.45) is 1.66. The smallest absolute Gasteiger partial charge is 0.409 e. The fourth-order valence-electron chi connectivity index (χ4n) is 2.52. The Morgan fingerprint density at radius 1 is 1.45 bits per heavy atom. The quantitative estimate of drug-likeness (QED) is 0.838. The van der Waals surface area contributed by atoms with Crippen molar-refractivity contribution in [3.8, 4) is 0 Å². The van der Waals surface area contributed by atoms with Crippen molar-refractivity contribution in [3.05, 3.63) is 35.4 Å². The van der Waals surface area contributed by atoms with Crippen LogP contribution in [0.2, 0.25) is 0 Å². The molecule has 0 aromatic heterocycles. The van der Waals surface area contributed by atoms with E-state index in [-0.39, 0.29) is 12.6 Å². The number of aliphatic imine (C=N–C) groups is 1. The molecular formula is C16H19N3O3. The second-order valence-corrected chi connectivity index (χ2v) is 5.25. The van der Waals surface area contributed by atoms with Crippen LogP contribution in [-0.2, 0) is 4.79 Å². The molecule has 1 aliphatic heterocycles. The molecule has 2 N–H and O–H groups in total. The topological polar surface area (TPSA) is 82.0 Å². The maximum atomic E-state index is 11.0. The van der Waals surface area contributed by atoms with Crippen molar-refractivity contribution in [1.29, 1.82) is 0 Å². The van der Waals surface area contributed by atoms with E-state index in [9.17, 15) is 9.59 Å². The number of benzene rings is 1. The molecule has 0 saturated heterocycles. The Morgan fingerprint density at radius 2 is 2.18 bits per heavy atom. The minimum atomic E-state index is -1.11. The molecule has 0 saturated carbocycles. The molecule has 6 nitrogen and oxygen atoms in total. The van der Waals surface area contributed by atoms with Gasteiger partial charge in [-0.1, -0.05) is 12.1 Å². The molecule has 2 rings (SSSR count). The molecule has 1 aromatic carbocycles. The van der Waals surface area contributed by atoms with Crippen molar-refractivity contribution in [2.24, 2.45) is 4.99 Å². The SMILES string of the molecule is CC1=NC(c2ccc(C)cc2NC(=O)O)=CC(C)N1CC=O. The van der Waals surface area contributed by atoms with E-state index in [1.54, 1.807) is 6.07 Å². The molecule has 6 heteroatoms. The van der Waals surface area contributed by atoms with Gasteiger partial charge in [0, 0.05) is 11.6 Å². The van der Waals surface area contributed by atoms with Crippen LogP contribution < -0.4 is 5.32 Å². The van der Waals surface area contributed by atoms with E-state index in [1.807, 2.05) is 43.9 Å². The molecule has 0 bridgehead atoms. The average Bonchev–Trinajstić information content (AvgIpc) is 2.42. The molecule has 0 radical (unpaired) electrons. The third-order valence-corrected chi connectivity index (χ3v) is 3.55. The maximum absolute atomic E-state index is 11.0. The summed E-state index contributed by atoms with van der Waals surface area (Å²) >= 11 is 0. The van der Waals surface area contributed by atoms with Crippen LogP contribution in [0.25, 0.3) is 5.70 Å². The maximum Gasteiger partial charge on any atom is 0.409 e. The average molecular weight is 301 g/mol. The minimum absolute atomic E-state index is 0.0108. The molecule has 1 aliphatic rings. The van der Waals surface area contributed by atoms with Gasteiger partial charge in [0.2, 0.25) is 0 Å². The van der Waals surface area contributed by atoms with Gasteiger partial charge in [-0.15, -0.1) is 0 Å². The molecule has 1 amide bonds. The van der Waals surface area contributed by atoms with E-state index in [1.165, 1.54) is 0 Å². The number of carboxylic acid groups (broad SMARTS) is 1. The number of amides is 1. The Hall–Kier alpha value is -2.63. The third-order valence-electron chi connectivity index (χ3n) is 3.55. The highest BCUT2D eigenvalue weighted by atomic mass is 16.4. The highest BCUT2D eigenvalue weighted by Gasteiger charge is 2.21. The van der Waals surface area contributed by atoms with Gasteiger partial charge in [0.25, 0.3) is 0 Å². The number of rotatable bonds is 4. The van der Waals surface area contributed by atoms with Gasteiger partial charge >= 0.3 is 6.09 Å². The predicted molar refractivity (Wildman–Crippen MR) is 86.1 cm³/mol. The molecular weight excluding hydrogens is 282 g/mol. The molecule has 1 atom stereocenters. The number of nitrogens with one attached hydrogen (secondary N) is 1. The highest BCUT2D eigenvalue weighted by Crippen LogP contribution is 2.29. The predicted octanol–water partition coefficient (Wildman–Crippen LogP) is 2.75. The molecule has 0 fully saturated rings. The standard InChI is InChI=1S/C16H19N3O3/c1-10-4-5-13(14(8-10)18-16(21)22)15-9-11(2)19(6-7-20)12(3)17-15/h4-5,7-9,11,18H,6H2,1-3H3,(H,21,22). The van der Waals surface area contributed by atoms with Gasteiger partial charge in [-0.05, 0) is 38.5 Å². The largest absolute Gasteiger partial charge is 0.465 e. The number of nitrogens with zero attached hydrogens (tertiary/aromatic N) is 2.